The molecule has 0 amide bonds. The Bertz CT molecular complexity index is 416. The smallest absolute Gasteiger partial charge is 0.359 e. The van der Waals surface area contributed by atoms with E-state index in [1.807, 2.05) is 6.92 Å². The first-order valence-electron chi connectivity index (χ1n) is 6.48. The summed E-state index contributed by atoms with van der Waals surface area (Å²) in [7, 11) is 0. The van der Waals surface area contributed by atoms with Crippen LogP contribution in [0.3, 0.4) is 0 Å². The van der Waals surface area contributed by atoms with Gasteiger partial charge in [0.15, 0.2) is 0 Å². The molecule has 0 atom stereocenters. The standard InChI is InChI=1S/C13H18F3N3/c1-2-17-7-10-8-18-6-5-12(10)19(11-3-4-11)9-13(14,15)16/h5-6,8,11,17H,2-4,7,9H2,1H3. The first kappa shape index (κ1) is 14.1. The predicted octanol–water partition coefficient (Wildman–Crippen LogP) is 2.72. The van der Waals surface area contributed by atoms with Crippen molar-refractivity contribution in [3.8, 4) is 0 Å². The highest BCUT2D eigenvalue weighted by Gasteiger charge is 2.38. The summed E-state index contributed by atoms with van der Waals surface area (Å²) in [5.41, 5.74) is 1.47. The highest BCUT2D eigenvalue weighted by molar-refractivity contribution is 5.54. The van der Waals surface area contributed by atoms with E-state index in [1.165, 1.54) is 4.90 Å². The zero-order valence-electron chi connectivity index (χ0n) is 10.9. The first-order valence-corrected chi connectivity index (χ1v) is 6.48. The normalized spacial score (nSPS) is 15.6. The molecule has 1 heterocycles. The van der Waals surface area contributed by atoms with Gasteiger partial charge in [0.1, 0.15) is 6.54 Å². The van der Waals surface area contributed by atoms with Crippen molar-refractivity contribution >= 4 is 5.69 Å². The van der Waals surface area contributed by atoms with Gasteiger partial charge in [-0.25, -0.2) is 0 Å². The number of pyridine rings is 1. The zero-order chi connectivity index (χ0) is 13.9. The Morgan fingerprint density at radius 2 is 2.16 bits per heavy atom. The Balaban J connectivity index is 2.20. The van der Waals surface area contributed by atoms with E-state index in [1.54, 1.807) is 18.5 Å². The number of hydrogen-bond donors (Lipinski definition) is 1. The number of nitrogens with zero attached hydrogens (tertiary/aromatic N) is 2. The minimum atomic E-state index is -4.18. The summed E-state index contributed by atoms with van der Waals surface area (Å²) < 4.78 is 38.1. The van der Waals surface area contributed by atoms with Crippen LogP contribution in [0.4, 0.5) is 18.9 Å². The van der Waals surface area contributed by atoms with E-state index in [9.17, 15) is 13.2 Å². The molecule has 0 unspecified atom stereocenters. The van der Waals surface area contributed by atoms with Gasteiger partial charge in [0.05, 0.1) is 0 Å². The van der Waals surface area contributed by atoms with Gasteiger partial charge in [0.25, 0.3) is 0 Å². The molecule has 0 bridgehead atoms. The average Bonchev–Trinajstić information content (AvgIpc) is 3.17. The summed E-state index contributed by atoms with van der Waals surface area (Å²) in [4.78, 5) is 5.48. The predicted molar refractivity (Wildman–Crippen MR) is 68.0 cm³/mol. The minimum Gasteiger partial charge on any atom is -0.359 e. The summed E-state index contributed by atoms with van der Waals surface area (Å²) in [6.07, 6.45) is 0.680. The highest BCUT2D eigenvalue weighted by atomic mass is 19.4. The average molecular weight is 273 g/mol. The quantitative estimate of drug-likeness (QED) is 0.863. The van der Waals surface area contributed by atoms with Crippen LogP contribution in [0.1, 0.15) is 25.3 Å². The number of hydrogen-bond acceptors (Lipinski definition) is 3. The number of aromatic nitrogens is 1. The second kappa shape index (κ2) is 5.77. The monoisotopic (exact) mass is 273 g/mol. The van der Waals surface area contributed by atoms with E-state index in [0.717, 1.165) is 24.9 Å². The maximum Gasteiger partial charge on any atom is 0.405 e. The van der Waals surface area contributed by atoms with Crippen LogP contribution in [0.2, 0.25) is 0 Å². The van der Waals surface area contributed by atoms with Gasteiger partial charge >= 0.3 is 6.18 Å². The van der Waals surface area contributed by atoms with E-state index in [0.29, 0.717) is 12.2 Å². The Morgan fingerprint density at radius 1 is 1.42 bits per heavy atom. The van der Waals surface area contributed by atoms with Crippen LogP contribution in [-0.2, 0) is 6.54 Å². The fourth-order valence-corrected chi connectivity index (χ4v) is 2.09. The molecule has 0 saturated heterocycles. The third-order valence-electron chi connectivity index (χ3n) is 3.09. The third kappa shape index (κ3) is 4.09. The molecule has 0 aromatic carbocycles. The first-order chi connectivity index (χ1) is 9.01. The molecule has 1 aliphatic rings. The van der Waals surface area contributed by atoms with Crippen molar-refractivity contribution in [2.45, 2.75) is 38.5 Å². The Hall–Kier alpha value is -1.30. The molecule has 2 rings (SSSR count). The van der Waals surface area contributed by atoms with Crippen LogP contribution in [0.25, 0.3) is 0 Å². The second-order valence-corrected chi connectivity index (χ2v) is 4.76. The van der Waals surface area contributed by atoms with Crippen molar-refractivity contribution in [1.29, 1.82) is 0 Å². The largest absolute Gasteiger partial charge is 0.405 e. The van der Waals surface area contributed by atoms with Gasteiger partial charge in [0.2, 0.25) is 0 Å². The summed E-state index contributed by atoms with van der Waals surface area (Å²) in [5, 5.41) is 3.13. The molecule has 0 spiro atoms. The molecular formula is C13H18F3N3. The molecule has 6 heteroatoms. The van der Waals surface area contributed by atoms with E-state index in [2.05, 4.69) is 10.3 Å². The number of alkyl halides is 3. The van der Waals surface area contributed by atoms with Crippen LogP contribution < -0.4 is 10.2 Å². The molecule has 106 valence electrons. The van der Waals surface area contributed by atoms with Crippen LogP contribution >= 0.6 is 0 Å². The van der Waals surface area contributed by atoms with E-state index in [4.69, 9.17) is 0 Å². The van der Waals surface area contributed by atoms with Crippen LogP contribution in [0, 0.1) is 0 Å². The molecule has 0 radical (unpaired) electrons. The fourth-order valence-electron chi connectivity index (χ4n) is 2.09. The molecule has 1 saturated carbocycles. The maximum absolute atomic E-state index is 12.7. The number of halogens is 3. The maximum atomic E-state index is 12.7. The van der Waals surface area contributed by atoms with E-state index >= 15 is 0 Å². The van der Waals surface area contributed by atoms with Gasteiger partial charge in [-0.05, 0) is 25.5 Å². The Labute approximate surface area is 110 Å². The molecule has 0 aliphatic heterocycles. The van der Waals surface area contributed by atoms with Crippen molar-refractivity contribution < 1.29 is 13.2 Å². The second-order valence-electron chi connectivity index (χ2n) is 4.76. The fraction of sp³-hybridized carbons (Fsp3) is 0.615. The van der Waals surface area contributed by atoms with Gasteiger partial charge in [-0.3, -0.25) is 4.98 Å². The number of rotatable bonds is 6. The molecule has 1 aliphatic carbocycles. The summed E-state index contributed by atoms with van der Waals surface area (Å²) >= 11 is 0. The number of anilines is 1. The molecule has 19 heavy (non-hydrogen) atoms. The topological polar surface area (TPSA) is 28.2 Å². The van der Waals surface area contributed by atoms with Crippen LogP contribution in [0.5, 0.6) is 0 Å². The third-order valence-corrected chi connectivity index (χ3v) is 3.09. The molecule has 1 aromatic heterocycles. The van der Waals surface area contributed by atoms with Gasteiger partial charge in [-0.15, -0.1) is 0 Å². The Morgan fingerprint density at radius 3 is 2.74 bits per heavy atom. The highest BCUT2D eigenvalue weighted by Crippen LogP contribution is 2.35. The summed E-state index contributed by atoms with van der Waals surface area (Å²) in [6.45, 7) is 2.39. The van der Waals surface area contributed by atoms with Crippen molar-refractivity contribution in [3.63, 3.8) is 0 Å². The lowest BCUT2D eigenvalue weighted by atomic mass is 10.2. The molecule has 1 aromatic rings. The van der Waals surface area contributed by atoms with Gasteiger partial charge in [0, 0.05) is 36.2 Å². The molecule has 3 nitrogen and oxygen atoms in total. The summed E-state index contributed by atoms with van der Waals surface area (Å²) in [5.74, 6) is 0. The Kier molecular flexibility index (Phi) is 4.29. The minimum absolute atomic E-state index is 0.0180. The lowest BCUT2D eigenvalue weighted by Crippen LogP contribution is -2.37. The van der Waals surface area contributed by atoms with Crippen molar-refractivity contribution in [2.75, 3.05) is 18.0 Å². The lowest BCUT2D eigenvalue weighted by molar-refractivity contribution is -0.120. The van der Waals surface area contributed by atoms with Crippen molar-refractivity contribution in [2.24, 2.45) is 0 Å². The van der Waals surface area contributed by atoms with Crippen molar-refractivity contribution in [1.82, 2.24) is 10.3 Å². The number of nitrogens with one attached hydrogen (secondary N) is 1. The van der Waals surface area contributed by atoms with Gasteiger partial charge < -0.3 is 10.2 Å². The molecule has 1 N–H and O–H groups in total. The molecule has 1 fully saturated rings. The lowest BCUT2D eigenvalue weighted by Gasteiger charge is -2.28. The van der Waals surface area contributed by atoms with E-state index < -0.39 is 12.7 Å². The van der Waals surface area contributed by atoms with Gasteiger partial charge in [-0.1, -0.05) is 6.92 Å². The van der Waals surface area contributed by atoms with Crippen LogP contribution in [0.15, 0.2) is 18.5 Å². The SMILES string of the molecule is CCNCc1cnccc1N(CC(F)(F)F)C1CC1. The van der Waals surface area contributed by atoms with E-state index in [-0.39, 0.29) is 6.04 Å². The van der Waals surface area contributed by atoms with Gasteiger partial charge in [-0.2, -0.15) is 13.2 Å². The molecular weight excluding hydrogens is 255 g/mol. The van der Waals surface area contributed by atoms with Crippen molar-refractivity contribution in [3.05, 3.63) is 24.0 Å². The summed E-state index contributed by atoms with van der Waals surface area (Å²) in [6, 6.07) is 1.70. The van der Waals surface area contributed by atoms with Crippen LogP contribution in [-0.4, -0.2) is 30.3 Å². The zero-order valence-corrected chi connectivity index (χ0v) is 10.9.